The van der Waals surface area contributed by atoms with Gasteiger partial charge in [0.15, 0.2) is 11.5 Å². The van der Waals surface area contributed by atoms with Gasteiger partial charge in [0.25, 0.3) is 5.91 Å². The van der Waals surface area contributed by atoms with E-state index in [9.17, 15) is 4.79 Å². The van der Waals surface area contributed by atoms with E-state index in [4.69, 9.17) is 14.7 Å². The zero-order valence-corrected chi connectivity index (χ0v) is 12.7. The predicted molar refractivity (Wildman–Crippen MR) is 85.8 cm³/mol. The van der Waals surface area contributed by atoms with Crippen molar-refractivity contribution >= 4 is 11.8 Å². The lowest BCUT2D eigenvalue weighted by Crippen LogP contribution is -2.26. The number of hydrogen-bond acceptors (Lipinski definition) is 5. The second-order valence-electron chi connectivity index (χ2n) is 5.17. The van der Waals surface area contributed by atoms with Crippen molar-refractivity contribution in [2.24, 2.45) is 0 Å². The quantitative estimate of drug-likeness (QED) is 0.755. The van der Waals surface area contributed by atoms with Gasteiger partial charge in [-0.1, -0.05) is 35.5 Å². The van der Waals surface area contributed by atoms with Gasteiger partial charge in [0.1, 0.15) is 11.3 Å². The first kappa shape index (κ1) is 14.9. The molecule has 1 aromatic carbocycles. The number of rotatable bonds is 5. The molecule has 0 aliphatic rings. The number of aryl methyl sites for hydroxylation is 1. The summed E-state index contributed by atoms with van der Waals surface area (Å²) in [5, 5.41) is 6.66. The molecular formula is C17H17N3O3. The van der Waals surface area contributed by atoms with Crippen LogP contribution in [0, 0.1) is 6.92 Å². The molecular weight excluding hydrogens is 294 g/mol. The van der Waals surface area contributed by atoms with Crippen LogP contribution in [0.2, 0.25) is 0 Å². The van der Waals surface area contributed by atoms with Crippen LogP contribution in [0.4, 0.5) is 5.88 Å². The summed E-state index contributed by atoms with van der Waals surface area (Å²) in [6, 6.07) is 13.4. The van der Waals surface area contributed by atoms with Crippen molar-refractivity contribution in [2.45, 2.75) is 13.3 Å². The Morgan fingerprint density at radius 2 is 2.00 bits per heavy atom. The molecule has 0 saturated carbocycles. The first-order valence-electron chi connectivity index (χ1n) is 7.29. The van der Waals surface area contributed by atoms with Gasteiger partial charge in [-0.25, -0.2) is 0 Å². The maximum absolute atomic E-state index is 12.4. The summed E-state index contributed by atoms with van der Waals surface area (Å²) in [6.07, 6.45) is 0.729. The van der Waals surface area contributed by atoms with E-state index in [0.29, 0.717) is 18.0 Å². The van der Waals surface area contributed by atoms with Crippen molar-refractivity contribution in [1.29, 1.82) is 0 Å². The highest BCUT2D eigenvalue weighted by atomic mass is 16.5. The van der Waals surface area contributed by atoms with Gasteiger partial charge in [-0.3, -0.25) is 4.79 Å². The molecule has 0 unspecified atom stereocenters. The first-order chi connectivity index (χ1) is 11.1. The Balaban J connectivity index is 1.71. The number of furan rings is 1. The maximum Gasteiger partial charge on any atom is 0.259 e. The molecule has 2 aromatic heterocycles. The van der Waals surface area contributed by atoms with Gasteiger partial charge in [0.2, 0.25) is 5.88 Å². The number of nitrogen functional groups attached to an aromatic ring is 1. The number of nitrogens with two attached hydrogens (primary N) is 1. The molecule has 0 atom stereocenters. The summed E-state index contributed by atoms with van der Waals surface area (Å²) in [6.45, 7) is 2.30. The van der Waals surface area contributed by atoms with Crippen LogP contribution >= 0.6 is 0 Å². The molecule has 6 heteroatoms. The Hall–Kier alpha value is -3.02. The Bertz CT molecular complexity index is 806. The zero-order valence-electron chi connectivity index (χ0n) is 12.7. The molecule has 0 fully saturated rings. The minimum atomic E-state index is -0.330. The summed E-state index contributed by atoms with van der Waals surface area (Å²) < 4.78 is 10.4. The molecule has 23 heavy (non-hydrogen) atoms. The first-order valence-corrected chi connectivity index (χ1v) is 7.29. The molecule has 3 aromatic rings. The van der Waals surface area contributed by atoms with Crippen molar-refractivity contribution < 1.29 is 13.7 Å². The molecule has 0 aliphatic carbocycles. The number of nitrogens with zero attached hydrogens (tertiary/aromatic N) is 1. The SMILES string of the molecule is Cc1ccc(-c2noc(N)c2C(=O)NCCc2ccccc2)o1. The molecule has 3 N–H and O–H groups in total. The Kier molecular flexibility index (Phi) is 4.14. The molecule has 0 bridgehead atoms. The molecule has 1 amide bonds. The molecule has 118 valence electrons. The van der Waals surface area contributed by atoms with Crippen molar-refractivity contribution in [2.75, 3.05) is 12.3 Å². The van der Waals surface area contributed by atoms with Crippen LogP contribution in [0.3, 0.4) is 0 Å². The fourth-order valence-electron chi connectivity index (χ4n) is 2.31. The van der Waals surface area contributed by atoms with Gasteiger partial charge in [-0.15, -0.1) is 0 Å². The van der Waals surface area contributed by atoms with E-state index in [1.807, 2.05) is 37.3 Å². The lowest BCUT2D eigenvalue weighted by atomic mass is 10.1. The van der Waals surface area contributed by atoms with E-state index in [2.05, 4.69) is 10.5 Å². The van der Waals surface area contributed by atoms with Crippen LogP contribution in [0.15, 0.2) is 51.4 Å². The summed E-state index contributed by atoms with van der Waals surface area (Å²) in [5.41, 5.74) is 7.40. The van der Waals surface area contributed by atoms with Crippen LogP contribution in [0.25, 0.3) is 11.5 Å². The number of aromatic nitrogens is 1. The lowest BCUT2D eigenvalue weighted by Gasteiger charge is -2.05. The normalized spacial score (nSPS) is 10.7. The van der Waals surface area contributed by atoms with E-state index in [1.165, 1.54) is 0 Å². The summed E-state index contributed by atoms with van der Waals surface area (Å²) in [7, 11) is 0. The third-order valence-corrected chi connectivity index (χ3v) is 3.46. The van der Waals surface area contributed by atoms with E-state index < -0.39 is 0 Å². The van der Waals surface area contributed by atoms with E-state index in [0.717, 1.165) is 17.7 Å². The third kappa shape index (κ3) is 3.26. The zero-order chi connectivity index (χ0) is 16.2. The van der Waals surface area contributed by atoms with Gasteiger partial charge in [-0.05, 0) is 31.0 Å². The van der Waals surface area contributed by atoms with Crippen molar-refractivity contribution in [3.63, 3.8) is 0 Å². The topological polar surface area (TPSA) is 94.3 Å². The number of benzene rings is 1. The molecule has 0 spiro atoms. The number of carbonyl (C=O) groups excluding carboxylic acids is 1. The molecule has 0 saturated heterocycles. The summed E-state index contributed by atoms with van der Waals surface area (Å²) in [5.74, 6) is 0.822. The van der Waals surface area contributed by atoms with Crippen LogP contribution < -0.4 is 11.1 Å². The highest BCUT2D eigenvalue weighted by Crippen LogP contribution is 2.28. The Morgan fingerprint density at radius 1 is 1.22 bits per heavy atom. The lowest BCUT2D eigenvalue weighted by molar-refractivity contribution is 0.0955. The van der Waals surface area contributed by atoms with Crippen molar-refractivity contribution in [3.8, 4) is 11.5 Å². The minimum Gasteiger partial charge on any atom is -0.460 e. The highest BCUT2D eigenvalue weighted by molar-refractivity contribution is 6.03. The summed E-state index contributed by atoms with van der Waals surface area (Å²) >= 11 is 0. The van der Waals surface area contributed by atoms with Crippen LogP contribution in [0.1, 0.15) is 21.7 Å². The second kappa shape index (κ2) is 6.39. The van der Waals surface area contributed by atoms with E-state index >= 15 is 0 Å². The molecule has 2 heterocycles. The standard InChI is InChI=1S/C17H17N3O3/c1-11-7-8-13(22-11)15-14(16(18)23-20-15)17(21)19-10-9-12-5-3-2-4-6-12/h2-8H,9-10,18H2,1H3,(H,19,21). The monoisotopic (exact) mass is 311 g/mol. The smallest absolute Gasteiger partial charge is 0.259 e. The number of anilines is 1. The Labute approximate surface area is 133 Å². The van der Waals surface area contributed by atoms with E-state index in [1.54, 1.807) is 12.1 Å². The van der Waals surface area contributed by atoms with Gasteiger partial charge in [0, 0.05) is 6.54 Å². The van der Waals surface area contributed by atoms with Crippen LogP contribution in [-0.2, 0) is 6.42 Å². The molecule has 3 rings (SSSR count). The Morgan fingerprint density at radius 3 is 2.70 bits per heavy atom. The average molecular weight is 311 g/mol. The molecule has 6 nitrogen and oxygen atoms in total. The van der Waals surface area contributed by atoms with Crippen molar-refractivity contribution in [1.82, 2.24) is 10.5 Å². The highest BCUT2D eigenvalue weighted by Gasteiger charge is 2.24. The molecule has 0 aliphatic heterocycles. The third-order valence-electron chi connectivity index (χ3n) is 3.46. The van der Waals surface area contributed by atoms with E-state index in [-0.39, 0.29) is 17.4 Å². The summed E-state index contributed by atoms with van der Waals surface area (Å²) in [4.78, 5) is 12.4. The van der Waals surface area contributed by atoms with Gasteiger partial charge in [-0.2, -0.15) is 0 Å². The van der Waals surface area contributed by atoms with Gasteiger partial charge >= 0.3 is 0 Å². The average Bonchev–Trinajstić information content (AvgIpc) is 3.14. The second-order valence-corrected chi connectivity index (χ2v) is 5.17. The minimum absolute atomic E-state index is 0.0220. The van der Waals surface area contributed by atoms with Crippen LogP contribution in [-0.4, -0.2) is 17.6 Å². The van der Waals surface area contributed by atoms with Crippen LogP contribution in [0.5, 0.6) is 0 Å². The molecule has 0 radical (unpaired) electrons. The number of amides is 1. The maximum atomic E-state index is 12.4. The van der Waals surface area contributed by atoms with Gasteiger partial charge < -0.3 is 20.0 Å². The van der Waals surface area contributed by atoms with Crippen molar-refractivity contribution in [3.05, 3.63) is 59.4 Å². The fraction of sp³-hybridized carbons (Fsp3) is 0.176. The fourth-order valence-corrected chi connectivity index (χ4v) is 2.31. The predicted octanol–water partition coefficient (Wildman–Crippen LogP) is 2.80. The number of carbonyl (C=O) groups is 1. The number of hydrogen-bond donors (Lipinski definition) is 2. The largest absolute Gasteiger partial charge is 0.460 e. The number of nitrogens with one attached hydrogen (secondary N) is 1. The van der Waals surface area contributed by atoms with Gasteiger partial charge in [0.05, 0.1) is 0 Å².